The van der Waals surface area contributed by atoms with Crippen LogP contribution >= 0.6 is 0 Å². The van der Waals surface area contributed by atoms with E-state index in [9.17, 15) is 10.2 Å². The standard InChI is InChI=1S/C63H117NO2/c1-7-10-13-16-19-22-25-28-31-34-37-40-43-46-49-52-55-59-63(66,58-54-51-48-45-42-39-36-33-30-27-24-21-18-15-12-9-3)61(56-60-64(5)6)62(4,65)57-53-50-47-44-41-38-35-32-29-26-23-20-17-14-11-8-2/h19-24,28-33,61,65-66H,7-18,25-27,34-60H2,1-6H3. The molecule has 0 saturated heterocycles. The Balaban J connectivity index is 5.03. The van der Waals surface area contributed by atoms with Crippen LogP contribution in [-0.2, 0) is 0 Å². The van der Waals surface area contributed by atoms with Crippen molar-refractivity contribution < 1.29 is 10.2 Å². The van der Waals surface area contributed by atoms with Crippen molar-refractivity contribution >= 4 is 0 Å². The van der Waals surface area contributed by atoms with Crippen molar-refractivity contribution in [2.24, 2.45) is 5.92 Å². The average Bonchev–Trinajstić information content (AvgIpc) is 3.29. The summed E-state index contributed by atoms with van der Waals surface area (Å²) in [6, 6.07) is 0. The molecular weight excluding hydrogens is 803 g/mol. The second-order valence-electron chi connectivity index (χ2n) is 21.0. The van der Waals surface area contributed by atoms with Crippen molar-refractivity contribution in [3.8, 4) is 0 Å². The maximum Gasteiger partial charge on any atom is 0.0703 e. The largest absolute Gasteiger partial charge is 0.390 e. The van der Waals surface area contributed by atoms with Gasteiger partial charge in [0.15, 0.2) is 0 Å². The molecule has 0 radical (unpaired) electrons. The number of aliphatic hydroxyl groups is 2. The average molecular weight is 921 g/mol. The van der Waals surface area contributed by atoms with Crippen molar-refractivity contribution in [3.05, 3.63) is 72.9 Å². The summed E-state index contributed by atoms with van der Waals surface area (Å²) in [6.45, 7) is 9.78. The number of nitrogens with zero attached hydrogens (tertiary/aromatic N) is 1. The zero-order valence-electron chi connectivity index (χ0n) is 45.5. The molecule has 66 heavy (non-hydrogen) atoms. The first-order chi connectivity index (χ1) is 32.2. The molecule has 3 unspecified atom stereocenters. The number of hydrogen-bond acceptors (Lipinski definition) is 3. The lowest BCUT2D eigenvalue weighted by Crippen LogP contribution is -2.51. The highest BCUT2D eigenvalue weighted by molar-refractivity contribution is 4.98. The van der Waals surface area contributed by atoms with Crippen LogP contribution in [0.4, 0.5) is 0 Å². The Morgan fingerprint density at radius 2 is 0.606 bits per heavy atom. The first kappa shape index (κ1) is 64.3. The van der Waals surface area contributed by atoms with Crippen molar-refractivity contribution in [2.45, 2.75) is 302 Å². The van der Waals surface area contributed by atoms with Gasteiger partial charge in [-0.3, -0.25) is 0 Å². The molecule has 0 fully saturated rings. The van der Waals surface area contributed by atoms with Gasteiger partial charge in [0.05, 0.1) is 11.2 Å². The summed E-state index contributed by atoms with van der Waals surface area (Å²) in [5.41, 5.74) is -1.68. The van der Waals surface area contributed by atoms with Gasteiger partial charge in [0.2, 0.25) is 0 Å². The first-order valence-electron chi connectivity index (χ1n) is 29.2. The van der Waals surface area contributed by atoms with Crippen LogP contribution in [0.15, 0.2) is 72.9 Å². The van der Waals surface area contributed by atoms with Crippen LogP contribution in [0, 0.1) is 5.92 Å². The molecule has 386 valence electrons. The van der Waals surface area contributed by atoms with Crippen LogP contribution in [-0.4, -0.2) is 47.0 Å². The topological polar surface area (TPSA) is 43.7 Å². The monoisotopic (exact) mass is 920 g/mol. The smallest absolute Gasteiger partial charge is 0.0703 e. The summed E-state index contributed by atoms with van der Waals surface area (Å²) < 4.78 is 0. The van der Waals surface area contributed by atoms with E-state index in [4.69, 9.17) is 0 Å². The van der Waals surface area contributed by atoms with Crippen LogP contribution in [0.3, 0.4) is 0 Å². The molecular formula is C63H117NO2. The van der Waals surface area contributed by atoms with E-state index in [1.54, 1.807) is 0 Å². The van der Waals surface area contributed by atoms with Gasteiger partial charge in [-0.1, -0.05) is 235 Å². The van der Waals surface area contributed by atoms with Crippen molar-refractivity contribution in [2.75, 3.05) is 20.6 Å². The van der Waals surface area contributed by atoms with Crippen LogP contribution in [0.5, 0.6) is 0 Å². The molecule has 0 amide bonds. The van der Waals surface area contributed by atoms with Gasteiger partial charge >= 0.3 is 0 Å². The molecule has 0 aliphatic carbocycles. The molecule has 0 aromatic rings. The molecule has 0 rings (SSSR count). The maximum atomic E-state index is 12.8. The minimum atomic E-state index is -0.863. The third kappa shape index (κ3) is 43.6. The number of hydrogen-bond donors (Lipinski definition) is 2. The molecule has 0 aromatic carbocycles. The third-order valence-electron chi connectivity index (χ3n) is 14.0. The fourth-order valence-corrected chi connectivity index (χ4v) is 9.68. The van der Waals surface area contributed by atoms with E-state index in [0.717, 1.165) is 70.8 Å². The Kier molecular flexibility index (Phi) is 48.5. The summed E-state index contributed by atoms with van der Waals surface area (Å²) in [6.07, 6.45) is 77.2. The van der Waals surface area contributed by atoms with E-state index in [0.29, 0.717) is 0 Å². The Morgan fingerprint density at radius 1 is 0.348 bits per heavy atom. The molecule has 2 N–H and O–H groups in total. The van der Waals surface area contributed by atoms with Gasteiger partial charge in [0, 0.05) is 5.92 Å². The highest BCUT2D eigenvalue weighted by atomic mass is 16.3. The van der Waals surface area contributed by atoms with Gasteiger partial charge in [-0.2, -0.15) is 0 Å². The van der Waals surface area contributed by atoms with Crippen molar-refractivity contribution in [3.63, 3.8) is 0 Å². The van der Waals surface area contributed by atoms with Crippen LogP contribution in [0.25, 0.3) is 0 Å². The summed E-state index contributed by atoms with van der Waals surface area (Å²) in [4.78, 5) is 2.24. The van der Waals surface area contributed by atoms with Crippen LogP contribution < -0.4 is 0 Å². The molecule has 3 nitrogen and oxygen atoms in total. The van der Waals surface area contributed by atoms with E-state index in [1.165, 1.54) is 199 Å². The number of allylic oxidation sites excluding steroid dienone is 12. The second-order valence-corrected chi connectivity index (χ2v) is 21.0. The van der Waals surface area contributed by atoms with Crippen LogP contribution in [0.2, 0.25) is 0 Å². The molecule has 0 heterocycles. The normalized spacial score (nSPS) is 15.0. The molecule has 0 aliphatic heterocycles. The van der Waals surface area contributed by atoms with Gasteiger partial charge in [0.1, 0.15) is 0 Å². The van der Waals surface area contributed by atoms with Gasteiger partial charge in [0.25, 0.3) is 0 Å². The lowest BCUT2D eigenvalue weighted by molar-refractivity contribution is -0.135. The first-order valence-corrected chi connectivity index (χ1v) is 29.2. The number of unbranched alkanes of at least 4 members (excludes halogenated alkanes) is 28. The highest BCUT2D eigenvalue weighted by Crippen LogP contribution is 2.41. The Bertz CT molecular complexity index is 1160. The van der Waals surface area contributed by atoms with Crippen molar-refractivity contribution in [1.82, 2.24) is 4.90 Å². The minimum Gasteiger partial charge on any atom is -0.390 e. The zero-order valence-corrected chi connectivity index (χ0v) is 45.5. The van der Waals surface area contributed by atoms with Gasteiger partial charge in [-0.05, 0) is 150 Å². The van der Waals surface area contributed by atoms with E-state index in [-0.39, 0.29) is 5.92 Å². The van der Waals surface area contributed by atoms with Gasteiger partial charge in [-0.25, -0.2) is 0 Å². The fourth-order valence-electron chi connectivity index (χ4n) is 9.68. The predicted molar refractivity (Wildman–Crippen MR) is 299 cm³/mol. The Morgan fingerprint density at radius 3 is 0.894 bits per heavy atom. The molecule has 0 bridgehead atoms. The molecule has 0 spiro atoms. The summed E-state index contributed by atoms with van der Waals surface area (Å²) in [5, 5.41) is 25.1. The lowest BCUT2D eigenvalue weighted by Gasteiger charge is -2.45. The quantitative estimate of drug-likeness (QED) is 0.0472. The van der Waals surface area contributed by atoms with Gasteiger partial charge in [-0.15, -0.1) is 0 Å². The highest BCUT2D eigenvalue weighted by Gasteiger charge is 2.45. The predicted octanol–water partition coefficient (Wildman–Crippen LogP) is 20.0. The molecule has 3 heteroatoms. The molecule has 0 aliphatic rings. The Hall–Kier alpha value is -1.68. The SMILES string of the molecule is CCCCCC=CCC=CCCCCCCCCCC(O)(CCCCCCCCC=CCC=CCCCCC)C(CCN(C)C)C(C)(O)CCCCCCCCC=CCC=CCCCCC. The van der Waals surface area contributed by atoms with E-state index in [1.807, 2.05) is 0 Å². The summed E-state index contributed by atoms with van der Waals surface area (Å²) in [5.74, 6) is -0.104. The zero-order chi connectivity index (χ0) is 48.3. The van der Waals surface area contributed by atoms with Crippen LogP contribution in [0.1, 0.15) is 291 Å². The van der Waals surface area contributed by atoms with Crippen molar-refractivity contribution in [1.29, 1.82) is 0 Å². The lowest BCUT2D eigenvalue weighted by atomic mass is 9.68. The summed E-state index contributed by atoms with van der Waals surface area (Å²) >= 11 is 0. The molecule has 3 atom stereocenters. The fraction of sp³-hybridized carbons (Fsp3) is 0.810. The summed E-state index contributed by atoms with van der Waals surface area (Å²) in [7, 11) is 4.28. The van der Waals surface area contributed by atoms with E-state index in [2.05, 4.69) is 120 Å². The van der Waals surface area contributed by atoms with Gasteiger partial charge < -0.3 is 15.1 Å². The third-order valence-corrected chi connectivity index (χ3v) is 14.0. The molecule has 0 saturated carbocycles. The maximum absolute atomic E-state index is 12.8. The Labute approximate surface area is 415 Å². The van der Waals surface area contributed by atoms with E-state index < -0.39 is 11.2 Å². The number of rotatable bonds is 51. The second kappa shape index (κ2) is 49.7. The molecule has 0 aromatic heterocycles. The van der Waals surface area contributed by atoms with E-state index >= 15 is 0 Å². The minimum absolute atomic E-state index is 0.104.